The van der Waals surface area contributed by atoms with E-state index in [1.165, 1.54) is 0 Å². The summed E-state index contributed by atoms with van der Waals surface area (Å²) in [4.78, 5) is 4.74. The lowest BCUT2D eigenvalue weighted by atomic mass is 9.89. The van der Waals surface area contributed by atoms with Crippen molar-refractivity contribution >= 4 is 17.2 Å². The number of rotatable bonds is 2. The first kappa shape index (κ1) is 14.4. The van der Waals surface area contributed by atoms with Crippen LogP contribution >= 0.6 is 11.6 Å². The van der Waals surface area contributed by atoms with Gasteiger partial charge in [-0.15, -0.1) is 0 Å². The van der Waals surface area contributed by atoms with Gasteiger partial charge in [0.05, 0.1) is 22.5 Å². The Hall–Kier alpha value is -1.06. The Bertz CT molecular complexity index is 611. The van der Waals surface area contributed by atoms with Crippen LogP contribution in [0.2, 0.25) is 5.02 Å². The quantitative estimate of drug-likeness (QED) is 0.901. The van der Waals surface area contributed by atoms with Crippen LogP contribution in [0.5, 0.6) is 0 Å². The van der Waals surface area contributed by atoms with Gasteiger partial charge in [-0.3, -0.25) is 4.40 Å². The second kappa shape index (κ2) is 4.80. The number of pyridine rings is 1. The van der Waals surface area contributed by atoms with Gasteiger partial charge in [0.15, 0.2) is 0 Å². The van der Waals surface area contributed by atoms with E-state index < -0.39 is 6.10 Å². The molecule has 0 aliphatic carbocycles. The average Bonchev–Trinajstić information content (AvgIpc) is 2.67. The van der Waals surface area contributed by atoms with Crippen molar-refractivity contribution in [2.45, 2.75) is 52.6 Å². The molecule has 0 bridgehead atoms. The number of nitrogens with zero attached hydrogens (tertiary/aromatic N) is 2. The van der Waals surface area contributed by atoms with Crippen molar-refractivity contribution in [3.63, 3.8) is 0 Å². The fourth-order valence-electron chi connectivity index (χ4n) is 2.35. The first-order chi connectivity index (χ1) is 8.75. The molecule has 0 spiro atoms. The lowest BCUT2D eigenvalue weighted by Gasteiger charge is -2.20. The first-order valence-electron chi connectivity index (χ1n) is 6.62. The topological polar surface area (TPSA) is 37.5 Å². The molecule has 0 radical (unpaired) electrons. The maximum absolute atomic E-state index is 10.3. The maximum atomic E-state index is 10.3. The number of imidazole rings is 1. The minimum absolute atomic E-state index is 0.115. The number of hydrogen-bond donors (Lipinski definition) is 1. The molecule has 0 saturated carbocycles. The van der Waals surface area contributed by atoms with Crippen LogP contribution in [-0.4, -0.2) is 14.5 Å². The van der Waals surface area contributed by atoms with Crippen LogP contribution in [0.4, 0.5) is 0 Å². The van der Waals surface area contributed by atoms with E-state index in [0.29, 0.717) is 11.4 Å². The van der Waals surface area contributed by atoms with E-state index >= 15 is 0 Å². The molecule has 0 fully saturated rings. The van der Waals surface area contributed by atoms with Crippen LogP contribution in [-0.2, 0) is 5.41 Å². The van der Waals surface area contributed by atoms with E-state index in [-0.39, 0.29) is 5.41 Å². The zero-order chi connectivity index (χ0) is 14.4. The van der Waals surface area contributed by atoms with Crippen molar-refractivity contribution < 1.29 is 5.11 Å². The van der Waals surface area contributed by atoms with Gasteiger partial charge in [-0.1, -0.05) is 39.3 Å². The van der Waals surface area contributed by atoms with Crippen molar-refractivity contribution in [3.05, 3.63) is 34.2 Å². The minimum Gasteiger partial charge on any atom is -0.387 e. The lowest BCUT2D eigenvalue weighted by Crippen LogP contribution is -2.16. The minimum atomic E-state index is -0.526. The highest BCUT2D eigenvalue weighted by Crippen LogP contribution is 2.33. The molecule has 104 valence electrons. The predicted molar refractivity (Wildman–Crippen MR) is 78.9 cm³/mol. The number of aliphatic hydroxyl groups is 1. The van der Waals surface area contributed by atoms with Gasteiger partial charge in [0, 0.05) is 11.6 Å². The van der Waals surface area contributed by atoms with Gasteiger partial charge in [0.2, 0.25) is 0 Å². The summed E-state index contributed by atoms with van der Waals surface area (Å²) in [6.07, 6.45) is 1.96. The zero-order valence-electron chi connectivity index (χ0n) is 12.2. The fourth-order valence-corrected chi connectivity index (χ4v) is 2.61. The molecule has 0 aromatic carbocycles. The summed E-state index contributed by atoms with van der Waals surface area (Å²) in [5.41, 5.74) is 3.57. The van der Waals surface area contributed by atoms with E-state index in [4.69, 9.17) is 16.6 Å². The molecule has 0 amide bonds. The Kier molecular flexibility index (Phi) is 3.63. The molecular formula is C15H21ClN2O. The lowest BCUT2D eigenvalue weighted by molar-refractivity contribution is 0.165. The maximum Gasteiger partial charge on any atom is 0.140 e. The van der Waals surface area contributed by atoms with E-state index in [9.17, 15) is 5.11 Å². The van der Waals surface area contributed by atoms with Crippen molar-refractivity contribution in [2.75, 3.05) is 0 Å². The van der Waals surface area contributed by atoms with E-state index in [1.807, 2.05) is 30.5 Å². The van der Waals surface area contributed by atoms with Gasteiger partial charge in [-0.2, -0.15) is 0 Å². The molecule has 1 atom stereocenters. The summed E-state index contributed by atoms with van der Waals surface area (Å²) in [6.45, 7) is 10.3. The summed E-state index contributed by atoms with van der Waals surface area (Å²) in [6, 6.07) is 1.90. The molecule has 2 aromatic heterocycles. The number of aromatic nitrogens is 2. The highest BCUT2D eigenvalue weighted by atomic mass is 35.5. The van der Waals surface area contributed by atoms with Crippen molar-refractivity contribution in [3.8, 4) is 0 Å². The van der Waals surface area contributed by atoms with Crippen LogP contribution < -0.4 is 0 Å². The van der Waals surface area contributed by atoms with Crippen LogP contribution in [0.15, 0.2) is 12.3 Å². The Morgan fingerprint density at radius 3 is 2.58 bits per heavy atom. The highest BCUT2D eigenvalue weighted by molar-refractivity contribution is 6.30. The average molecular weight is 281 g/mol. The van der Waals surface area contributed by atoms with Crippen LogP contribution in [0.1, 0.15) is 57.2 Å². The van der Waals surface area contributed by atoms with Gasteiger partial charge in [0.1, 0.15) is 5.65 Å². The third-order valence-corrected chi connectivity index (χ3v) is 3.53. The molecule has 2 rings (SSSR count). The second-order valence-electron chi connectivity index (χ2n) is 6.05. The molecule has 0 aliphatic rings. The van der Waals surface area contributed by atoms with Gasteiger partial charge >= 0.3 is 0 Å². The first-order valence-corrected chi connectivity index (χ1v) is 7.00. The molecule has 2 heterocycles. The molecule has 2 aromatic rings. The molecule has 1 N–H and O–H groups in total. The smallest absolute Gasteiger partial charge is 0.140 e. The van der Waals surface area contributed by atoms with E-state index in [1.54, 1.807) is 0 Å². The molecule has 0 saturated heterocycles. The summed E-state index contributed by atoms with van der Waals surface area (Å²) in [5.74, 6) is 0. The number of fused-ring (bicyclic) bond motifs is 1. The number of aryl methyl sites for hydroxylation is 1. The van der Waals surface area contributed by atoms with Crippen LogP contribution in [0, 0.1) is 6.92 Å². The van der Waals surface area contributed by atoms with Gasteiger partial charge < -0.3 is 5.11 Å². The summed E-state index contributed by atoms with van der Waals surface area (Å²) >= 11 is 6.14. The zero-order valence-corrected chi connectivity index (χ0v) is 12.9. The van der Waals surface area contributed by atoms with Crippen molar-refractivity contribution in [2.24, 2.45) is 0 Å². The van der Waals surface area contributed by atoms with Gasteiger partial charge in [0.25, 0.3) is 0 Å². The van der Waals surface area contributed by atoms with E-state index in [0.717, 1.165) is 22.6 Å². The third kappa shape index (κ3) is 2.49. The summed E-state index contributed by atoms with van der Waals surface area (Å²) < 4.78 is 1.94. The van der Waals surface area contributed by atoms with Crippen molar-refractivity contribution in [1.29, 1.82) is 0 Å². The third-order valence-electron chi connectivity index (χ3n) is 3.32. The molecule has 4 heteroatoms. The summed E-state index contributed by atoms with van der Waals surface area (Å²) in [7, 11) is 0. The van der Waals surface area contributed by atoms with Gasteiger partial charge in [-0.25, -0.2) is 4.98 Å². The van der Waals surface area contributed by atoms with E-state index in [2.05, 4.69) is 20.8 Å². The normalized spacial score (nSPS) is 14.1. The van der Waals surface area contributed by atoms with Gasteiger partial charge in [-0.05, 0) is 25.0 Å². The number of hydrogen-bond acceptors (Lipinski definition) is 2. The molecule has 0 aliphatic heterocycles. The number of aliphatic hydroxyl groups excluding tert-OH is 1. The fraction of sp³-hybridized carbons (Fsp3) is 0.533. The monoisotopic (exact) mass is 280 g/mol. The Morgan fingerprint density at radius 1 is 1.42 bits per heavy atom. The Balaban J connectivity index is 2.86. The summed E-state index contributed by atoms with van der Waals surface area (Å²) in [5, 5.41) is 11.0. The second-order valence-corrected chi connectivity index (χ2v) is 6.49. The molecular weight excluding hydrogens is 260 g/mol. The largest absolute Gasteiger partial charge is 0.387 e. The highest BCUT2D eigenvalue weighted by Gasteiger charge is 2.27. The Morgan fingerprint density at radius 2 is 2.05 bits per heavy atom. The molecule has 19 heavy (non-hydrogen) atoms. The predicted octanol–water partition coefficient (Wildman–Crippen LogP) is 4.04. The molecule has 1 unspecified atom stereocenters. The molecule has 3 nitrogen and oxygen atoms in total. The van der Waals surface area contributed by atoms with Crippen LogP contribution in [0.25, 0.3) is 5.65 Å². The number of halogens is 1. The Labute approximate surface area is 119 Å². The standard InChI is InChI=1S/C15H21ClN2O/c1-6-11(19)12-13(15(3,4)5)17-14-9(2)7-10(16)8-18(12)14/h7-8,11,19H,6H2,1-5H3. The van der Waals surface area contributed by atoms with Crippen molar-refractivity contribution in [1.82, 2.24) is 9.38 Å². The van der Waals surface area contributed by atoms with Crippen LogP contribution in [0.3, 0.4) is 0 Å². The SMILES string of the molecule is CCC(O)c1c(C(C)(C)C)nc2c(C)cc(Cl)cn12.